The first kappa shape index (κ1) is 12.2. The molecule has 0 heterocycles. The van der Waals surface area contributed by atoms with Crippen molar-refractivity contribution in [1.82, 2.24) is 0 Å². The van der Waals surface area contributed by atoms with Crippen molar-refractivity contribution in [2.24, 2.45) is 0 Å². The molecule has 1 rings (SSSR count). The molecule has 0 saturated heterocycles. The summed E-state index contributed by atoms with van der Waals surface area (Å²) in [4.78, 5) is 0. The maximum atomic E-state index is 8.65. The van der Waals surface area contributed by atoms with Gasteiger partial charge in [0.25, 0.3) is 0 Å². The van der Waals surface area contributed by atoms with Gasteiger partial charge in [0.1, 0.15) is 0 Å². The van der Waals surface area contributed by atoms with E-state index in [1.165, 1.54) is 10.8 Å². The van der Waals surface area contributed by atoms with Crippen LogP contribution in [0.15, 0.2) is 30.3 Å². The van der Waals surface area contributed by atoms with Gasteiger partial charge in [-0.2, -0.15) is 0 Å². The monoisotopic (exact) mass is 220 g/mol. The van der Waals surface area contributed by atoms with Gasteiger partial charge in [0.2, 0.25) is 0 Å². The van der Waals surface area contributed by atoms with Crippen LogP contribution in [0.4, 0.5) is 0 Å². The molecule has 0 amide bonds. The molecule has 0 aliphatic heterocycles. The molecule has 82 valence electrons. The molecular formula is C13H20OSi. The van der Waals surface area contributed by atoms with E-state index in [0.717, 1.165) is 6.42 Å². The summed E-state index contributed by atoms with van der Waals surface area (Å²) < 4.78 is 0. The molecular weight excluding hydrogens is 200 g/mol. The maximum Gasteiger partial charge on any atom is 0.0775 e. The number of benzene rings is 1. The van der Waals surface area contributed by atoms with Crippen LogP contribution in [0.3, 0.4) is 0 Å². The van der Waals surface area contributed by atoms with Gasteiger partial charge in [0.15, 0.2) is 0 Å². The second kappa shape index (κ2) is 5.28. The Hall–Kier alpha value is -0.863. The Kier molecular flexibility index (Phi) is 4.30. The van der Waals surface area contributed by atoms with E-state index in [1.807, 2.05) is 6.08 Å². The van der Waals surface area contributed by atoms with Gasteiger partial charge in [-0.1, -0.05) is 61.2 Å². The molecule has 0 bridgehead atoms. The third kappa shape index (κ3) is 4.02. The van der Waals surface area contributed by atoms with Crippen LogP contribution < -0.4 is 5.19 Å². The van der Waals surface area contributed by atoms with Crippen LogP contribution in [-0.4, -0.2) is 19.8 Å². The predicted octanol–water partition coefficient (Wildman–Crippen LogP) is 2.63. The standard InChI is InChI=1S/C13H20OSi/c1-15(2,3)13-9-7-12(8-10-13)6-4-5-11-14/h4,6-10,14H,5,11H2,1-3H3. The van der Waals surface area contributed by atoms with Gasteiger partial charge >= 0.3 is 0 Å². The molecule has 1 aromatic rings. The summed E-state index contributed by atoms with van der Waals surface area (Å²) in [7, 11) is -1.16. The number of hydrogen-bond donors (Lipinski definition) is 1. The Bertz CT molecular complexity index is 319. The lowest BCUT2D eigenvalue weighted by atomic mass is 10.2. The smallest absolute Gasteiger partial charge is 0.0775 e. The summed E-state index contributed by atoms with van der Waals surface area (Å²) in [5.74, 6) is 0. The van der Waals surface area contributed by atoms with Crippen LogP contribution in [0.1, 0.15) is 12.0 Å². The van der Waals surface area contributed by atoms with Crippen molar-refractivity contribution in [3.05, 3.63) is 35.9 Å². The zero-order valence-electron chi connectivity index (χ0n) is 9.83. The molecule has 0 fully saturated rings. The van der Waals surface area contributed by atoms with Gasteiger partial charge in [-0.15, -0.1) is 0 Å². The fourth-order valence-electron chi connectivity index (χ4n) is 1.39. The van der Waals surface area contributed by atoms with Crippen LogP contribution >= 0.6 is 0 Å². The highest BCUT2D eigenvalue weighted by Gasteiger charge is 2.15. The van der Waals surface area contributed by atoms with Gasteiger partial charge < -0.3 is 5.11 Å². The fourth-order valence-corrected chi connectivity index (χ4v) is 2.55. The molecule has 0 aromatic heterocycles. The lowest BCUT2D eigenvalue weighted by molar-refractivity contribution is 0.303. The first-order valence-electron chi connectivity index (χ1n) is 5.42. The van der Waals surface area contributed by atoms with Crippen molar-refractivity contribution in [3.63, 3.8) is 0 Å². The van der Waals surface area contributed by atoms with Gasteiger partial charge in [0.05, 0.1) is 8.07 Å². The largest absolute Gasteiger partial charge is 0.396 e. The van der Waals surface area contributed by atoms with Gasteiger partial charge in [0, 0.05) is 6.61 Å². The Morgan fingerprint density at radius 3 is 2.20 bits per heavy atom. The van der Waals surface area contributed by atoms with E-state index in [-0.39, 0.29) is 6.61 Å². The number of hydrogen-bond acceptors (Lipinski definition) is 1. The summed E-state index contributed by atoms with van der Waals surface area (Å²) in [6, 6.07) is 8.76. The molecule has 1 N–H and O–H groups in total. The van der Waals surface area contributed by atoms with Crippen LogP contribution in [0.5, 0.6) is 0 Å². The van der Waals surface area contributed by atoms with E-state index in [4.69, 9.17) is 5.11 Å². The first-order valence-corrected chi connectivity index (χ1v) is 8.92. The minimum absolute atomic E-state index is 0.226. The molecule has 0 radical (unpaired) electrons. The number of rotatable bonds is 4. The molecule has 15 heavy (non-hydrogen) atoms. The topological polar surface area (TPSA) is 20.2 Å². The lowest BCUT2D eigenvalue weighted by Gasteiger charge is -2.16. The zero-order chi connectivity index (χ0) is 11.3. The van der Waals surface area contributed by atoms with Crippen LogP contribution in [0.2, 0.25) is 19.6 Å². The van der Waals surface area contributed by atoms with Gasteiger partial charge in [-0.05, 0) is 12.0 Å². The third-order valence-electron chi connectivity index (χ3n) is 2.38. The van der Waals surface area contributed by atoms with Crippen molar-refractivity contribution in [1.29, 1.82) is 0 Å². The minimum atomic E-state index is -1.16. The Morgan fingerprint density at radius 2 is 1.73 bits per heavy atom. The lowest BCUT2D eigenvalue weighted by Crippen LogP contribution is -2.37. The SMILES string of the molecule is C[Si](C)(C)c1ccc(C=CCCO)cc1. The Morgan fingerprint density at radius 1 is 1.13 bits per heavy atom. The van der Waals surface area contributed by atoms with Crippen molar-refractivity contribution in [3.8, 4) is 0 Å². The molecule has 1 aromatic carbocycles. The fraction of sp³-hybridized carbons (Fsp3) is 0.385. The molecule has 0 saturated carbocycles. The minimum Gasteiger partial charge on any atom is -0.396 e. The number of aliphatic hydroxyl groups excluding tert-OH is 1. The van der Waals surface area contributed by atoms with Crippen molar-refractivity contribution >= 4 is 19.3 Å². The van der Waals surface area contributed by atoms with Crippen LogP contribution in [0.25, 0.3) is 6.08 Å². The number of aliphatic hydroxyl groups is 1. The second-order valence-corrected chi connectivity index (χ2v) is 9.86. The third-order valence-corrected chi connectivity index (χ3v) is 4.45. The molecule has 1 nitrogen and oxygen atoms in total. The predicted molar refractivity (Wildman–Crippen MR) is 70.2 cm³/mol. The molecule has 0 aliphatic rings. The van der Waals surface area contributed by atoms with E-state index < -0.39 is 8.07 Å². The highest BCUT2D eigenvalue weighted by molar-refractivity contribution is 6.88. The first-order chi connectivity index (χ1) is 7.04. The van der Waals surface area contributed by atoms with Crippen molar-refractivity contribution < 1.29 is 5.11 Å². The van der Waals surface area contributed by atoms with Gasteiger partial charge in [-0.3, -0.25) is 0 Å². The van der Waals surface area contributed by atoms with Crippen LogP contribution in [0, 0.1) is 0 Å². The molecule has 0 atom stereocenters. The van der Waals surface area contributed by atoms with E-state index in [2.05, 4.69) is 50.0 Å². The molecule has 2 heteroatoms. The average Bonchev–Trinajstić information content (AvgIpc) is 2.18. The second-order valence-electron chi connectivity index (χ2n) is 4.79. The van der Waals surface area contributed by atoms with E-state index in [9.17, 15) is 0 Å². The van der Waals surface area contributed by atoms with Crippen molar-refractivity contribution in [2.45, 2.75) is 26.1 Å². The normalized spacial score (nSPS) is 12.3. The van der Waals surface area contributed by atoms with Crippen LogP contribution in [-0.2, 0) is 0 Å². The molecule has 0 spiro atoms. The summed E-state index contributed by atoms with van der Waals surface area (Å²) in [5, 5.41) is 10.1. The summed E-state index contributed by atoms with van der Waals surface area (Å²) in [6.45, 7) is 7.28. The Balaban J connectivity index is 2.73. The van der Waals surface area contributed by atoms with E-state index in [1.54, 1.807) is 0 Å². The van der Waals surface area contributed by atoms with E-state index in [0.29, 0.717) is 0 Å². The quantitative estimate of drug-likeness (QED) is 0.773. The highest BCUT2D eigenvalue weighted by atomic mass is 28.3. The maximum absolute atomic E-state index is 8.65. The van der Waals surface area contributed by atoms with Crippen molar-refractivity contribution in [2.75, 3.05) is 6.61 Å². The summed E-state index contributed by atoms with van der Waals surface area (Å²) in [6.07, 6.45) is 4.80. The molecule has 0 unspecified atom stereocenters. The Labute approximate surface area is 93.5 Å². The zero-order valence-corrected chi connectivity index (χ0v) is 10.8. The molecule has 0 aliphatic carbocycles. The summed E-state index contributed by atoms with van der Waals surface area (Å²) in [5.41, 5.74) is 1.21. The average molecular weight is 220 g/mol. The summed E-state index contributed by atoms with van der Waals surface area (Å²) >= 11 is 0. The van der Waals surface area contributed by atoms with Gasteiger partial charge in [-0.25, -0.2) is 0 Å². The highest BCUT2D eigenvalue weighted by Crippen LogP contribution is 2.06. The van der Waals surface area contributed by atoms with E-state index >= 15 is 0 Å².